The largest absolute Gasteiger partial charge is 0.462 e. The van der Waals surface area contributed by atoms with E-state index in [-0.39, 0.29) is 30.1 Å². The second-order valence-corrected chi connectivity index (χ2v) is 5.61. The number of nitriles is 1. The van der Waals surface area contributed by atoms with Gasteiger partial charge in [0.05, 0.1) is 18.9 Å². The van der Waals surface area contributed by atoms with Gasteiger partial charge in [0.15, 0.2) is 11.3 Å². The lowest BCUT2D eigenvalue weighted by Crippen LogP contribution is -2.22. The number of hydrazone groups is 1. The van der Waals surface area contributed by atoms with E-state index >= 15 is 0 Å². The first kappa shape index (κ1) is 21.4. The number of rotatable bonds is 8. The lowest BCUT2D eigenvalue weighted by Gasteiger charge is -2.13. The van der Waals surface area contributed by atoms with Crippen LogP contribution in [-0.2, 0) is 19.1 Å². The van der Waals surface area contributed by atoms with E-state index in [4.69, 9.17) is 9.47 Å². The summed E-state index contributed by atoms with van der Waals surface area (Å²) in [6.07, 6.45) is 0. The van der Waals surface area contributed by atoms with Gasteiger partial charge in [-0.05, 0) is 31.5 Å². The lowest BCUT2D eigenvalue weighted by molar-refractivity contribution is -0.146. The van der Waals surface area contributed by atoms with Crippen molar-refractivity contribution in [1.82, 2.24) is 0 Å². The van der Waals surface area contributed by atoms with E-state index in [1.54, 1.807) is 68.4 Å². The van der Waals surface area contributed by atoms with Crippen LogP contribution < -0.4 is 5.43 Å². The molecule has 0 saturated carbocycles. The molecular formula is C22H21N3O4. The number of carbonyl (C=O) groups excluding carboxylic acids is 2. The van der Waals surface area contributed by atoms with Gasteiger partial charge in [0.1, 0.15) is 6.07 Å². The molecule has 2 aromatic rings. The van der Waals surface area contributed by atoms with Crippen LogP contribution in [0.5, 0.6) is 0 Å². The van der Waals surface area contributed by atoms with Crippen molar-refractivity contribution in [3.63, 3.8) is 0 Å². The number of carbonyl (C=O) groups is 2. The number of ether oxygens (including phenoxy) is 2. The van der Waals surface area contributed by atoms with Crippen LogP contribution >= 0.6 is 0 Å². The first-order valence-electron chi connectivity index (χ1n) is 9.05. The van der Waals surface area contributed by atoms with Crippen molar-refractivity contribution in [3.05, 3.63) is 71.8 Å². The summed E-state index contributed by atoms with van der Waals surface area (Å²) in [5, 5.41) is 13.9. The van der Waals surface area contributed by atoms with Crippen LogP contribution in [0.4, 0.5) is 5.69 Å². The number of hydrogen-bond acceptors (Lipinski definition) is 7. The third-order valence-corrected chi connectivity index (χ3v) is 3.68. The molecule has 0 atom stereocenters. The fourth-order valence-electron chi connectivity index (χ4n) is 2.47. The third-order valence-electron chi connectivity index (χ3n) is 3.68. The molecule has 0 aliphatic heterocycles. The van der Waals surface area contributed by atoms with Crippen molar-refractivity contribution in [2.75, 3.05) is 18.6 Å². The molecule has 2 aromatic carbocycles. The maximum Gasteiger partial charge on any atom is 0.346 e. The molecule has 2 rings (SSSR count). The number of allylic oxidation sites excluding steroid dienone is 1. The van der Waals surface area contributed by atoms with Gasteiger partial charge in [0.25, 0.3) is 0 Å². The number of anilines is 1. The van der Waals surface area contributed by atoms with E-state index in [0.29, 0.717) is 11.3 Å². The monoisotopic (exact) mass is 391 g/mol. The van der Waals surface area contributed by atoms with Gasteiger partial charge in [-0.25, -0.2) is 9.59 Å². The SMILES string of the molecule is CCOC(=O)C(C(=O)OCC)=C(/C(C#N)=N\Nc1ccccc1)c1ccccc1. The topological polar surface area (TPSA) is 101 Å². The quantitative estimate of drug-likeness (QED) is 0.184. The van der Waals surface area contributed by atoms with Crippen molar-refractivity contribution in [1.29, 1.82) is 5.26 Å². The fraction of sp³-hybridized carbons (Fsp3) is 0.182. The van der Waals surface area contributed by atoms with Gasteiger partial charge in [-0.2, -0.15) is 10.4 Å². The van der Waals surface area contributed by atoms with E-state index in [2.05, 4.69) is 10.5 Å². The van der Waals surface area contributed by atoms with E-state index in [9.17, 15) is 14.9 Å². The second-order valence-electron chi connectivity index (χ2n) is 5.61. The van der Waals surface area contributed by atoms with E-state index in [1.807, 2.05) is 12.1 Å². The number of para-hydroxylation sites is 1. The van der Waals surface area contributed by atoms with Gasteiger partial charge in [-0.3, -0.25) is 5.43 Å². The molecule has 7 heteroatoms. The zero-order valence-corrected chi connectivity index (χ0v) is 16.2. The second kappa shape index (κ2) is 11.0. The Labute approximate surface area is 169 Å². The Hall–Kier alpha value is -3.92. The Morgan fingerprint density at radius 1 is 0.931 bits per heavy atom. The zero-order valence-electron chi connectivity index (χ0n) is 16.2. The van der Waals surface area contributed by atoms with Crippen LogP contribution in [0.25, 0.3) is 5.57 Å². The Morgan fingerprint density at radius 3 is 1.93 bits per heavy atom. The minimum absolute atomic E-state index is 0.0356. The average Bonchev–Trinajstić information content (AvgIpc) is 2.75. The highest BCUT2D eigenvalue weighted by atomic mass is 16.6. The maximum atomic E-state index is 12.6. The molecule has 0 spiro atoms. The molecule has 7 nitrogen and oxygen atoms in total. The molecule has 0 aliphatic rings. The minimum atomic E-state index is -0.882. The van der Waals surface area contributed by atoms with E-state index in [1.165, 1.54) is 0 Å². The number of hydrogen-bond donors (Lipinski definition) is 1. The highest BCUT2D eigenvalue weighted by Gasteiger charge is 2.29. The standard InChI is InChI=1S/C22H21N3O4/c1-3-28-21(26)20(22(27)29-4-2)19(16-11-7-5-8-12-16)18(15-23)25-24-17-13-9-6-10-14-17/h5-14,24H,3-4H2,1-2H3/b25-18-. The normalized spacial score (nSPS) is 10.4. The third kappa shape index (κ3) is 5.78. The molecule has 0 heterocycles. The van der Waals surface area contributed by atoms with Gasteiger partial charge in [0, 0.05) is 5.57 Å². The molecule has 0 radical (unpaired) electrons. The Balaban J connectivity index is 2.67. The lowest BCUT2D eigenvalue weighted by atomic mass is 9.95. The van der Waals surface area contributed by atoms with Crippen LogP contribution in [0.15, 0.2) is 71.3 Å². The molecule has 0 aliphatic carbocycles. The van der Waals surface area contributed by atoms with Gasteiger partial charge >= 0.3 is 11.9 Å². The van der Waals surface area contributed by atoms with Gasteiger partial charge < -0.3 is 9.47 Å². The molecule has 0 bridgehead atoms. The molecule has 148 valence electrons. The summed E-state index contributed by atoms with van der Waals surface area (Å²) in [6, 6.07) is 19.5. The first-order valence-corrected chi connectivity index (χ1v) is 9.05. The van der Waals surface area contributed by atoms with Crippen LogP contribution in [0.1, 0.15) is 19.4 Å². The first-order chi connectivity index (χ1) is 14.1. The summed E-state index contributed by atoms with van der Waals surface area (Å²) in [5.41, 5.74) is 3.37. The number of esters is 2. The van der Waals surface area contributed by atoms with Crippen molar-refractivity contribution in [3.8, 4) is 6.07 Å². The van der Waals surface area contributed by atoms with Crippen molar-refractivity contribution in [2.45, 2.75) is 13.8 Å². The summed E-state index contributed by atoms with van der Waals surface area (Å²) in [6.45, 7) is 3.37. The van der Waals surface area contributed by atoms with Gasteiger partial charge in [-0.1, -0.05) is 48.5 Å². The summed E-state index contributed by atoms with van der Waals surface area (Å²) in [4.78, 5) is 25.2. The summed E-state index contributed by atoms with van der Waals surface area (Å²) >= 11 is 0. The molecule has 29 heavy (non-hydrogen) atoms. The molecule has 0 fully saturated rings. The smallest absolute Gasteiger partial charge is 0.346 e. The summed E-state index contributed by atoms with van der Waals surface area (Å²) in [5.74, 6) is -1.76. The maximum absolute atomic E-state index is 12.6. The predicted molar refractivity (Wildman–Crippen MR) is 110 cm³/mol. The number of nitrogens with one attached hydrogen (secondary N) is 1. The molecule has 1 N–H and O–H groups in total. The molecule has 0 aromatic heterocycles. The summed E-state index contributed by atoms with van der Waals surface area (Å²) in [7, 11) is 0. The Bertz CT molecular complexity index is 925. The molecule has 0 amide bonds. The fourth-order valence-corrected chi connectivity index (χ4v) is 2.47. The van der Waals surface area contributed by atoms with Gasteiger partial charge in [0.2, 0.25) is 0 Å². The Kier molecular flexibility index (Phi) is 8.14. The minimum Gasteiger partial charge on any atom is -0.462 e. The predicted octanol–water partition coefficient (Wildman–Crippen LogP) is 3.56. The number of benzene rings is 2. The highest BCUT2D eigenvalue weighted by molar-refractivity contribution is 6.40. The molecule has 0 unspecified atom stereocenters. The van der Waals surface area contributed by atoms with Crippen LogP contribution in [-0.4, -0.2) is 30.9 Å². The van der Waals surface area contributed by atoms with Gasteiger partial charge in [-0.15, -0.1) is 0 Å². The van der Waals surface area contributed by atoms with Crippen molar-refractivity contribution < 1.29 is 19.1 Å². The zero-order chi connectivity index (χ0) is 21.1. The highest BCUT2D eigenvalue weighted by Crippen LogP contribution is 2.23. The molecule has 0 saturated heterocycles. The number of nitrogens with zero attached hydrogens (tertiary/aromatic N) is 2. The molecular weight excluding hydrogens is 370 g/mol. The Morgan fingerprint density at radius 2 is 1.45 bits per heavy atom. The summed E-state index contributed by atoms with van der Waals surface area (Å²) < 4.78 is 10.1. The van der Waals surface area contributed by atoms with Crippen molar-refractivity contribution in [2.24, 2.45) is 5.10 Å². The van der Waals surface area contributed by atoms with E-state index in [0.717, 1.165) is 0 Å². The van der Waals surface area contributed by atoms with Crippen LogP contribution in [0.3, 0.4) is 0 Å². The van der Waals surface area contributed by atoms with Crippen LogP contribution in [0, 0.1) is 11.3 Å². The average molecular weight is 391 g/mol. The van der Waals surface area contributed by atoms with Crippen molar-refractivity contribution >= 4 is 28.9 Å². The van der Waals surface area contributed by atoms with E-state index < -0.39 is 11.9 Å². The van der Waals surface area contributed by atoms with Crippen LogP contribution in [0.2, 0.25) is 0 Å².